The Balaban J connectivity index is 1.83. The molecule has 0 unspecified atom stereocenters. The maximum Gasteiger partial charge on any atom is 0.323 e. The van der Waals surface area contributed by atoms with E-state index in [0.717, 1.165) is 19.3 Å². The Bertz CT molecular complexity index is 339. The minimum atomic E-state index is -0.309. The van der Waals surface area contributed by atoms with Crippen LogP contribution in [0.2, 0.25) is 0 Å². The maximum absolute atomic E-state index is 11.6. The summed E-state index contributed by atoms with van der Waals surface area (Å²) < 4.78 is 10.2. The fourth-order valence-corrected chi connectivity index (χ4v) is 1.96. The number of oxazole rings is 1. The van der Waals surface area contributed by atoms with Gasteiger partial charge in [-0.2, -0.15) is 0 Å². The molecule has 0 saturated heterocycles. The number of amides is 2. The molecule has 88 valence electrons. The third-order valence-electron chi connectivity index (χ3n) is 2.72. The first-order valence-corrected chi connectivity index (χ1v) is 5.29. The fraction of sp³-hybridized carbons (Fsp3) is 0.600. The highest BCUT2D eigenvalue weighted by molar-refractivity contribution is 5.87. The van der Waals surface area contributed by atoms with Crippen LogP contribution in [0.3, 0.4) is 0 Å². The summed E-state index contributed by atoms with van der Waals surface area (Å²) in [4.78, 5) is 15.4. The summed E-state index contributed by atoms with van der Waals surface area (Å²) >= 11 is 0. The third-order valence-corrected chi connectivity index (χ3v) is 2.72. The molecule has 0 radical (unpaired) electrons. The summed E-state index contributed by atoms with van der Waals surface area (Å²) in [6.45, 7) is 0. The summed E-state index contributed by atoms with van der Waals surface area (Å²) in [7, 11) is 1.66. The zero-order chi connectivity index (χ0) is 11.4. The number of hydrogen-bond acceptors (Lipinski definition) is 4. The van der Waals surface area contributed by atoms with Crippen molar-refractivity contribution in [2.24, 2.45) is 0 Å². The maximum atomic E-state index is 11.6. The van der Waals surface area contributed by atoms with Gasteiger partial charge in [-0.3, -0.25) is 5.32 Å². The van der Waals surface area contributed by atoms with Crippen molar-refractivity contribution in [3.8, 4) is 0 Å². The molecule has 2 atom stereocenters. The van der Waals surface area contributed by atoms with Gasteiger partial charge in [-0.15, -0.1) is 0 Å². The molecule has 2 rings (SSSR count). The predicted octanol–water partition coefficient (Wildman–Crippen LogP) is 1.36. The molecular weight excluding hydrogens is 210 g/mol. The van der Waals surface area contributed by atoms with Gasteiger partial charge in [-0.25, -0.2) is 9.78 Å². The summed E-state index contributed by atoms with van der Waals surface area (Å²) in [5.41, 5.74) is 0. The van der Waals surface area contributed by atoms with Crippen LogP contribution < -0.4 is 10.6 Å². The lowest BCUT2D eigenvalue weighted by Crippen LogP contribution is -2.42. The number of aromatic nitrogens is 1. The second kappa shape index (κ2) is 4.98. The number of carbonyl (C=O) groups excluding carboxylic acids is 1. The molecular formula is C10H15N3O3. The van der Waals surface area contributed by atoms with Crippen LogP contribution in [0.1, 0.15) is 19.3 Å². The molecule has 0 aromatic carbocycles. The van der Waals surface area contributed by atoms with E-state index in [9.17, 15) is 4.79 Å². The number of hydrogen-bond donors (Lipinski definition) is 2. The van der Waals surface area contributed by atoms with Crippen LogP contribution >= 0.6 is 0 Å². The van der Waals surface area contributed by atoms with Crippen molar-refractivity contribution >= 4 is 12.0 Å². The molecule has 0 bridgehead atoms. The van der Waals surface area contributed by atoms with E-state index in [1.807, 2.05) is 0 Å². The lowest BCUT2D eigenvalue weighted by molar-refractivity contribution is 0.0882. The van der Waals surface area contributed by atoms with Gasteiger partial charge in [0, 0.05) is 7.11 Å². The van der Waals surface area contributed by atoms with Crippen LogP contribution in [-0.2, 0) is 4.74 Å². The molecule has 1 aromatic rings. The summed E-state index contributed by atoms with van der Waals surface area (Å²) in [5.74, 6) is 0. The van der Waals surface area contributed by atoms with Crippen molar-refractivity contribution in [1.82, 2.24) is 10.3 Å². The van der Waals surface area contributed by atoms with Gasteiger partial charge in [0.2, 0.25) is 0 Å². The molecule has 1 heterocycles. The Morgan fingerprint density at radius 3 is 3.19 bits per heavy atom. The van der Waals surface area contributed by atoms with Crippen LogP contribution in [0.25, 0.3) is 0 Å². The minimum absolute atomic E-state index is 0.0694. The van der Waals surface area contributed by atoms with E-state index in [4.69, 9.17) is 9.15 Å². The van der Waals surface area contributed by atoms with E-state index >= 15 is 0 Å². The quantitative estimate of drug-likeness (QED) is 0.814. The summed E-state index contributed by atoms with van der Waals surface area (Å²) in [6, 6.07) is -0.0409. The topological polar surface area (TPSA) is 76.4 Å². The Morgan fingerprint density at radius 2 is 2.50 bits per heavy atom. The lowest BCUT2D eigenvalue weighted by atomic mass is 10.2. The van der Waals surface area contributed by atoms with Gasteiger partial charge in [0.15, 0.2) is 0 Å². The van der Waals surface area contributed by atoms with Crippen molar-refractivity contribution in [3.63, 3.8) is 0 Å². The number of anilines is 1. The SMILES string of the molecule is CO[C@@H]1CCC[C@@H]1NC(=O)Nc1ncco1. The number of urea groups is 1. The molecule has 0 spiro atoms. The van der Waals surface area contributed by atoms with Gasteiger partial charge in [-0.1, -0.05) is 0 Å². The van der Waals surface area contributed by atoms with Crippen molar-refractivity contribution in [2.75, 3.05) is 12.4 Å². The molecule has 1 aliphatic rings. The Hall–Kier alpha value is -1.56. The standard InChI is InChI=1S/C10H15N3O3/c1-15-8-4-2-3-7(8)12-9(14)13-10-11-5-6-16-10/h5-8H,2-4H2,1H3,(H2,11,12,13,14)/t7-,8+/m0/s1. The first-order valence-electron chi connectivity index (χ1n) is 5.29. The molecule has 1 saturated carbocycles. The molecule has 2 N–H and O–H groups in total. The second-order valence-electron chi connectivity index (χ2n) is 3.75. The van der Waals surface area contributed by atoms with Gasteiger partial charge >= 0.3 is 12.0 Å². The van der Waals surface area contributed by atoms with E-state index in [1.165, 1.54) is 12.5 Å². The van der Waals surface area contributed by atoms with Gasteiger partial charge < -0.3 is 14.5 Å². The predicted molar refractivity (Wildman–Crippen MR) is 57.1 cm³/mol. The molecule has 6 nitrogen and oxygen atoms in total. The highest BCUT2D eigenvalue weighted by Gasteiger charge is 2.28. The van der Waals surface area contributed by atoms with Crippen LogP contribution in [0.4, 0.5) is 10.8 Å². The molecule has 1 fully saturated rings. The highest BCUT2D eigenvalue weighted by Crippen LogP contribution is 2.21. The molecule has 0 aliphatic heterocycles. The monoisotopic (exact) mass is 225 g/mol. The zero-order valence-electron chi connectivity index (χ0n) is 9.10. The highest BCUT2D eigenvalue weighted by atomic mass is 16.5. The smallest absolute Gasteiger partial charge is 0.323 e. The van der Waals surface area contributed by atoms with Crippen molar-refractivity contribution < 1.29 is 13.9 Å². The fourth-order valence-electron chi connectivity index (χ4n) is 1.96. The first-order chi connectivity index (χ1) is 7.79. The molecule has 1 aromatic heterocycles. The van der Waals surface area contributed by atoms with Crippen LogP contribution in [0.15, 0.2) is 16.9 Å². The number of nitrogens with zero attached hydrogens (tertiary/aromatic N) is 1. The van der Waals surface area contributed by atoms with Crippen molar-refractivity contribution in [3.05, 3.63) is 12.5 Å². The molecule has 1 aliphatic carbocycles. The van der Waals surface area contributed by atoms with Gasteiger partial charge in [0.1, 0.15) is 6.26 Å². The Morgan fingerprint density at radius 1 is 1.62 bits per heavy atom. The molecule has 16 heavy (non-hydrogen) atoms. The number of rotatable bonds is 3. The molecule has 6 heteroatoms. The average molecular weight is 225 g/mol. The van der Waals surface area contributed by atoms with Crippen molar-refractivity contribution in [2.45, 2.75) is 31.4 Å². The third kappa shape index (κ3) is 2.52. The number of methoxy groups -OCH3 is 1. The van der Waals surface area contributed by atoms with Gasteiger partial charge in [0.05, 0.1) is 18.3 Å². The van der Waals surface area contributed by atoms with E-state index in [-0.39, 0.29) is 24.2 Å². The number of carbonyl (C=O) groups is 1. The van der Waals surface area contributed by atoms with E-state index in [1.54, 1.807) is 7.11 Å². The second-order valence-corrected chi connectivity index (χ2v) is 3.75. The van der Waals surface area contributed by atoms with E-state index in [0.29, 0.717) is 0 Å². The largest absolute Gasteiger partial charge is 0.432 e. The summed E-state index contributed by atoms with van der Waals surface area (Å²) in [5, 5.41) is 5.35. The first kappa shape index (κ1) is 10.9. The average Bonchev–Trinajstić information content (AvgIpc) is 2.88. The number of nitrogens with one attached hydrogen (secondary N) is 2. The van der Waals surface area contributed by atoms with Crippen LogP contribution in [0, 0.1) is 0 Å². The molecule has 2 amide bonds. The van der Waals surface area contributed by atoms with E-state index < -0.39 is 0 Å². The van der Waals surface area contributed by atoms with Gasteiger partial charge in [0.25, 0.3) is 0 Å². The minimum Gasteiger partial charge on any atom is -0.432 e. The lowest BCUT2D eigenvalue weighted by Gasteiger charge is -2.19. The number of ether oxygens (including phenoxy) is 1. The van der Waals surface area contributed by atoms with E-state index in [2.05, 4.69) is 15.6 Å². The van der Waals surface area contributed by atoms with Gasteiger partial charge in [-0.05, 0) is 19.3 Å². The summed E-state index contributed by atoms with van der Waals surface area (Å²) in [6.07, 6.45) is 5.99. The Labute approximate surface area is 93.4 Å². The van der Waals surface area contributed by atoms with Crippen LogP contribution in [0.5, 0.6) is 0 Å². The van der Waals surface area contributed by atoms with Crippen molar-refractivity contribution in [1.29, 1.82) is 0 Å². The Kier molecular flexibility index (Phi) is 3.40. The normalized spacial score (nSPS) is 24.3. The zero-order valence-corrected chi connectivity index (χ0v) is 9.10. The van der Waals surface area contributed by atoms with Crippen LogP contribution in [-0.4, -0.2) is 30.3 Å².